The number of rotatable bonds is 6. The van der Waals surface area contributed by atoms with Crippen molar-refractivity contribution < 1.29 is 32.2 Å². The van der Waals surface area contributed by atoms with Crippen LogP contribution in [-0.2, 0) is 22.6 Å². The molecule has 1 aromatic carbocycles. The van der Waals surface area contributed by atoms with E-state index in [0.717, 1.165) is 12.6 Å². The number of alkyl halides is 3. The number of hydrogen-bond acceptors (Lipinski definition) is 5. The second-order valence-electron chi connectivity index (χ2n) is 5.53. The molecule has 0 aliphatic rings. The number of benzene rings is 1. The second kappa shape index (κ2) is 10.1. The molecule has 154 valence electrons. The maximum atomic E-state index is 12.7. The van der Waals surface area contributed by atoms with E-state index in [-0.39, 0.29) is 11.9 Å². The molecule has 1 atom stereocenters. The Morgan fingerprint density at radius 2 is 1.89 bits per heavy atom. The SMILES string of the molecule is CCc1nn(CC)c(-c2ccc(OC(C)C(F)(F)F)cc2OC)c1Cl.O=C=O. The van der Waals surface area contributed by atoms with Crippen LogP contribution in [0.1, 0.15) is 26.5 Å². The molecule has 0 aliphatic carbocycles. The molecule has 0 fully saturated rings. The van der Waals surface area contributed by atoms with Gasteiger partial charge in [-0.3, -0.25) is 4.68 Å². The Hall–Kier alpha value is -2.51. The number of aromatic nitrogens is 2. The predicted octanol–water partition coefficient (Wildman–Crippen LogP) is 4.54. The number of hydrogen-bond donors (Lipinski definition) is 0. The average Bonchev–Trinajstić information content (AvgIpc) is 2.97. The molecular weight excluding hydrogens is 401 g/mol. The lowest BCUT2D eigenvalue weighted by Crippen LogP contribution is -2.31. The zero-order valence-electron chi connectivity index (χ0n) is 15.8. The van der Waals surface area contributed by atoms with Crippen molar-refractivity contribution in [3.8, 4) is 22.8 Å². The Kier molecular flexibility index (Phi) is 8.53. The molecule has 0 radical (unpaired) electrons. The van der Waals surface area contributed by atoms with Crippen LogP contribution < -0.4 is 9.47 Å². The molecule has 0 aliphatic heterocycles. The van der Waals surface area contributed by atoms with Gasteiger partial charge in [0.05, 0.1) is 23.5 Å². The molecule has 1 unspecified atom stereocenters. The monoisotopic (exact) mass is 420 g/mol. The lowest BCUT2D eigenvalue weighted by atomic mass is 10.1. The molecule has 28 heavy (non-hydrogen) atoms. The van der Waals surface area contributed by atoms with Gasteiger partial charge in [0.15, 0.2) is 6.10 Å². The fourth-order valence-corrected chi connectivity index (χ4v) is 2.78. The summed E-state index contributed by atoms with van der Waals surface area (Å²) < 4.78 is 50.1. The topological polar surface area (TPSA) is 70.4 Å². The summed E-state index contributed by atoms with van der Waals surface area (Å²) in [5.41, 5.74) is 2.08. The minimum absolute atomic E-state index is 0.0693. The lowest BCUT2D eigenvalue weighted by molar-refractivity contribution is -0.192. The van der Waals surface area contributed by atoms with Crippen molar-refractivity contribution in [2.75, 3.05) is 7.11 Å². The molecule has 0 spiro atoms. The van der Waals surface area contributed by atoms with Crippen molar-refractivity contribution in [3.05, 3.63) is 28.9 Å². The highest BCUT2D eigenvalue weighted by atomic mass is 35.5. The summed E-state index contributed by atoms with van der Waals surface area (Å²) in [4.78, 5) is 16.2. The molecule has 10 heteroatoms. The van der Waals surface area contributed by atoms with Crippen molar-refractivity contribution in [2.45, 2.75) is 46.0 Å². The van der Waals surface area contributed by atoms with Crippen LogP contribution in [0.15, 0.2) is 18.2 Å². The molecule has 0 bridgehead atoms. The van der Waals surface area contributed by atoms with Gasteiger partial charge in [-0.15, -0.1) is 0 Å². The van der Waals surface area contributed by atoms with Crippen LogP contribution in [0.3, 0.4) is 0 Å². The predicted molar refractivity (Wildman–Crippen MR) is 95.4 cm³/mol. The Morgan fingerprint density at radius 3 is 2.36 bits per heavy atom. The van der Waals surface area contributed by atoms with Crippen molar-refractivity contribution in [1.29, 1.82) is 0 Å². The van der Waals surface area contributed by atoms with E-state index in [2.05, 4.69) is 5.10 Å². The summed E-state index contributed by atoms with van der Waals surface area (Å²) in [6.07, 6.45) is -5.43. The van der Waals surface area contributed by atoms with E-state index >= 15 is 0 Å². The Morgan fingerprint density at radius 1 is 1.29 bits per heavy atom. The molecule has 0 amide bonds. The summed E-state index contributed by atoms with van der Waals surface area (Å²) in [5, 5.41) is 4.96. The first-order chi connectivity index (χ1) is 13.1. The van der Waals surface area contributed by atoms with E-state index < -0.39 is 12.3 Å². The normalized spacial score (nSPS) is 11.9. The van der Waals surface area contributed by atoms with Crippen LogP contribution >= 0.6 is 11.6 Å². The maximum absolute atomic E-state index is 12.7. The molecule has 0 N–H and O–H groups in total. The van der Waals surface area contributed by atoms with E-state index in [1.54, 1.807) is 10.7 Å². The van der Waals surface area contributed by atoms with Gasteiger partial charge in [-0.05, 0) is 32.4 Å². The first kappa shape index (κ1) is 23.5. The van der Waals surface area contributed by atoms with Crippen molar-refractivity contribution in [2.24, 2.45) is 0 Å². The Balaban J connectivity index is 0.00000122. The Labute approximate surface area is 165 Å². The largest absolute Gasteiger partial charge is 0.496 e. The summed E-state index contributed by atoms with van der Waals surface area (Å²) in [7, 11) is 1.44. The first-order valence-corrected chi connectivity index (χ1v) is 8.68. The van der Waals surface area contributed by atoms with Crippen molar-refractivity contribution in [3.63, 3.8) is 0 Å². The third-order valence-electron chi connectivity index (χ3n) is 3.80. The number of ether oxygens (including phenoxy) is 2. The van der Waals surface area contributed by atoms with Crippen molar-refractivity contribution >= 4 is 17.8 Å². The van der Waals surface area contributed by atoms with E-state index in [4.69, 9.17) is 30.7 Å². The van der Waals surface area contributed by atoms with Crippen LogP contribution in [-0.4, -0.2) is 35.3 Å². The third kappa shape index (κ3) is 5.50. The van der Waals surface area contributed by atoms with Crippen LogP contribution in [0.2, 0.25) is 5.02 Å². The smallest absolute Gasteiger partial charge is 0.425 e. The molecular formula is C18H20ClF3N2O4. The standard InChI is InChI=1S/C17H20ClF3N2O2.CO2/c1-5-13-15(18)16(23(6-2)22-13)12-8-7-11(9-14(12)24-4)25-10(3)17(19,20)21;2-1-3/h7-10H,5-6H2,1-4H3;. The minimum atomic E-state index is -4.44. The van der Waals surface area contributed by atoms with Crippen LogP contribution in [0.25, 0.3) is 11.3 Å². The van der Waals surface area contributed by atoms with E-state index in [1.165, 1.54) is 19.2 Å². The molecule has 0 saturated heterocycles. The molecule has 2 rings (SSSR count). The number of methoxy groups -OCH3 is 1. The van der Waals surface area contributed by atoms with Gasteiger partial charge in [-0.2, -0.15) is 27.9 Å². The zero-order valence-corrected chi connectivity index (χ0v) is 16.5. The molecule has 6 nitrogen and oxygen atoms in total. The lowest BCUT2D eigenvalue weighted by Gasteiger charge is -2.19. The number of halogens is 4. The summed E-state index contributed by atoms with van der Waals surface area (Å²) in [5.74, 6) is 0.436. The van der Waals surface area contributed by atoms with Gasteiger partial charge in [-0.25, -0.2) is 0 Å². The quantitative estimate of drug-likeness (QED) is 0.686. The number of aryl methyl sites for hydroxylation is 2. The van der Waals surface area contributed by atoms with Gasteiger partial charge in [0, 0.05) is 18.2 Å². The second-order valence-corrected chi connectivity index (χ2v) is 5.90. The molecule has 1 heterocycles. The van der Waals surface area contributed by atoms with E-state index in [1.807, 2.05) is 13.8 Å². The molecule has 0 saturated carbocycles. The third-order valence-corrected chi connectivity index (χ3v) is 4.19. The van der Waals surface area contributed by atoms with Gasteiger partial charge in [0.2, 0.25) is 0 Å². The first-order valence-electron chi connectivity index (χ1n) is 8.30. The van der Waals surface area contributed by atoms with Crippen LogP contribution in [0.4, 0.5) is 13.2 Å². The van der Waals surface area contributed by atoms with Crippen LogP contribution in [0, 0.1) is 0 Å². The average molecular weight is 421 g/mol. The van der Waals surface area contributed by atoms with Crippen LogP contribution in [0.5, 0.6) is 11.5 Å². The summed E-state index contributed by atoms with van der Waals surface area (Å²) in [6, 6.07) is 4.52. The highest BCUT2D eigenvalue weighted by molar-refractivity contribution is 6.33. The minimum Gasteiger partial charge on any atom is -0.496 e. The highest BCUT2D eigenvalue weighted by Gasteiger charge is 2.38. The molecule has 1 aromatic heterocycles. The van der Waals surface area contributed by atoms with E-state index in [9.17, 15) is 13.2 Å². The molecule has 2 aromatic rings. The summed E-state index contributed by atoms with van der Waals surface area (Å²) in [6.45, 7) is 5.43. The van der Waals surface area contributed by atoms with E-state index in [0.29, 0.717) is 35.0 Å². The number of nitrogens with zero attached hydrogens (tertiary/aromatic N) is 2. The fraction of sp³-hybridized carbons (Fsp3) is 0.444. The van der Waals surface area contributed by atoms with Gasteiger partial charge in [0.25, 0.3) is 0 Å². The Bertz CT molecular complexity index is 831. The van der Waals surface area contributed by atoms with Crippen molar-refractivity contribution in [1.82, 2.24) is 9.78 Å². The zero-order chi connectivity index (χ0) is 21.5. The van der Waals surface area contributed by atoms with Gasteiger partial charge in [-0.1, -0.05) is 18.5 Å². The fourth-order valence-electron chi connectivity index (χ4n) is 2.41. The number of carbonyl (C=O) groups excluding carboxylic acids is 2. The maximum Gasteiger partial charge on any atom is 0.425 e. The highest BCUT2D eigenvalue weighted by Crippen LogP contribution is 2.39. The van der Waals surface area contributed by atoms with Gasteiger partial charge < -0.3 is 9.47 Å². The van der Waals surface area contributed by atoms with Gasteiger partial charge in [0.1, 0.15) is 11.5 Å². The van der Waals surface area contributed by atoms with Gasteiger partial charge >= 0.3 is 12.3 Å². The summed E-state index contributed by atoms with van der Waals surface area (Å²) >= 11 is 6.44.